The Morgan fingerprint density at radius 3 is 2.70 bits per heavy atom. The minimum Gasteiger partial charge on any atom is -0.379 e. The SMILES string of the molecule is [CH2]OCCCC/C(C)=C/C. The van der Waals surface area contributed by atoms with Gasteiger partial charge < -0.3 is 4.74 Å². The average Bonchev–Trinajstić information content (AvgIpc) is 1.98. The maximum Gasteiger partial charge on any atom is 0.0700 e. The third-order valence-corrected chi connectivity index (χ3v) is 1.60. The lowest BCUT2D eigenvalue weighted by atomic mass is 10.1. The predicted molar refractivity (Wildman–Crippen MR) is 44.6 cm³/mol. The monoisotopic (exact) mass is 141 g/mol. The Balaban J connectivity index is 3.04. The molecule has 0 N–H and O–H groups in total. The third-order valence-electron chi connectivity index (χ3n) is 1.60. The zero-order valence-electron chi connectivity index (χ0n) is 7.02. The molecular formula is C9H17O. The molecule has 1 heteroatoms. The van der Waals surface area contributed by atoms with Gasteiger partial charge in [0.05, 0.1) is 7.11 Å². The maximum atomic E-state index is 4.69. The Kier molecular flexibility index (Phi) is 6.61. The van der Waals surface area contributed by atoms with Gasteiger partial charge in [-0.1, -0.05) is 11.6 Å². The van der Waals surface area contributed by atoms with Gasteiger partial charge in [0.2, 0.25) is 0 Å². The third kappa shape index (κ3) is 5.83. The van der Waals surface area contributed by atoms with Gasteiger partial charge in [-0.25, -0.2) is 0 Å². The van der Waals surface area contributed by atoms with Crippen molar-refractivity contribution in [2.24, 2.45) is 0 Å². The van der Waals surface area contributed by atoms with Crippen LogP contribution in [0.15, 0.2) is 11.6 Å². The van der Waals surface area contributed by atoms with E-state index in [0.717, 1.165) is 13.0 Å². The molecule has 0 aromatic carbocycles. The van der Waals surface area contributed by atoms with E-state index in [1.807, 2.05) is 0 Å². The first kappa shape index (κ1) is 9.70. The van der Waals surface area contributed by atoms with Crippen LogP contribution in [0.3, 0.4) is 0 Å². The number of hydrogen-bond acceptors (Lipinski definition) is 1. The molecule has 0 aromatic heterocycles. The summed E-state index contributed by atoms with van der Waals surface area (Å²) in [5, 5.41) is 0. The lowest BCUT2D eigenvalue weighted by Crippen LogP contribution is -1.86. The molecule has 59 valence electrons. The molecule has 0 aliphatic rings. The zero-order valence-corrected chi connectivity index (χ0v) is 7.02. The highest BCUT2D eigenvalue weighted by molar-refractivity contribution is 4.94. The summed E-state index contributed by atoms with van der Waals surface area (Å²) in [5.41, 5.74) is 1.46. The standard InChI is InChI=1S/C9H17O/c1-4-9(2)7-5-6-8-10-3/h4H,3,5-8H2,1-2H3/b9-4+. The summed E-state index contributed by atoms with van der Waals surface area (Å²) in [7, 11) is 3.31. The Labute approximate surface area is 64.1 Å². The van der Waals surface area contributed by atoms with E-state index in [2.05, 4.69) is 31.8 Å². The van der Waals surface area contributed by atoms with Gasteiger partial charge in [-0.3, -0.25) is 0 Å². The Hall–Kier alpha value is -0.300. The highest BCUT2D eigenvalue weighted by Gasteiger charge is 1.88. The van der Waals surface area contributed by atoms with Crippen molar-refractivity contribution < 1.29 is 4.74 Å². The second-order valence-corrected chi connectivity index (χ2v) is 2.50. The summed E-state index contributed by atoms with van der Waals surface area (Å²) in [6, 6.07) is 0. The van der Waals surface area contributed by atoms with Crippen LogP contribution in [0.1, 0.15) is 33.1 Å². The quantitative estimate of drug-likeness (QED) is 0.422. The second-order valence-electron chi connectivity index (χ2n) is 2.50. The van der Waals surface area contributed by atoms with E-state index in [1.165, 1.54) is 18.4 Å². The fourth-order valence-electron chi connectivity index (χ4n) is 0.752. The van der Waals surface area contributed by atoms with Crippen LogP contribution in [0, 0.1) is 7.11 Å². The van der Waals surface area contributed by atoms with E-state index < -0.39 is 0 Å². The van der Waals surface area contributed by atoms with Gasteiger partial charge in [0.25, 0.3) is 0 Å². The van der Waals surface area contributed by atoms with Gasteiger partial charge in [-0.2, -0.15) is 0 Å². The molecule has 0 aliphatic heterocycles. The van der Waals surface area contributed by atoms with Gasteiger partial charge in [-0.05, 0) is 33.1 Å². The molecule has 0 saturated heterocycles. The minimum atomic E-state index is 0.789. The zero-order chi connectivity index (χ0) is 7.82. The number of unbranched alkanes of at least 4 members (excludes halogenated alkanes) is 1. The van der Waals surface area contributed by atoms with Gasteiger partial charge in [0.15, 0.2) is 0 Å². The Morgan fingerprint density at radius 1 is 1.50 bits per heavy atom. The van der Waals surface area contributed by atoms with Crippen LogP contribution in [-0.2, 0) is 4.74 Å². The molecule has 1 nitrogen and oxygen atoms in total. The summed E-state index contributed by atoms with van der Waals surface area (Å²) in [4.78, 5) is 0. The Morgan fingerprint density at radius 2 is 2.20 bits per heavy atom. The molecule has 0 amide bonds. The summed E-state index contributed by atoms with van der Waals surface area (Å²) in [6.07, 6.45) is 5.69. The smallest absolute Gasteiger partial charge is 0.0700 e. The fourth-order valence-corrected chi connectivity index (χ4v) is 0.752. The number of ether oxygens (including phenoxy) is 1. The van der Waals surface area contributed by atoms with Crippen LogP contribution < -0.4 is 0 Å². The largest absolute Gasteiger partial charge is 0.379 e. The van der Waals surface area contributed by atoms with Crippen molar-refractivity contribution in [2.45, 2.75) is 33.1 Å². The second kappa shape index (κ2) is 6.81. The van der Waals surface area contributed by atoms with Crippen molar-refractivity contribution in [1.82, 2.24) is 0 Å². The highest BCUT2D eigenvalue weighted by atomic mass is 16.5. The van der Waals surface area contributed by atoms with Crippen LogP contribution >= 0.6 is 0 Å². The van der Waals surface area contributed by atoms with Crippen molar-refractivity contribution in [3.05, 3.63) is 18.8 Å². The topological polar surface area (TPSA) is 9.23 Å². The molecule has 0 aliphatic carbocycles. The lowest BCUT2D eigenvalue weighted by Gasteiger charge is -1.99. The van der Waals surface area contributed by atoms with Crippen LogP contribution in [0.5, 0.6) is 0 Å². The number of hydrogen-bond donors (Lipinski definition) is 0. The van der Waals surface area contributed by atoms with Crippen LogP contribution in [0.25, 0.3) is 0 Å². The molecule has 0 fully saturated rings. The summed E-state index contributed by atoms with van der Waals surface area (Å²) < 4.78 is 4.69. The van der Waals surface area contributed by atoms with Gasteiger partial charge in [0, 0.05) is 6.61 Å². The van der Waals surface area contributed by atoms with Crippen LogP contribution in [-0.4, -0.2) is 6.61 Å². The summed E-state index contributed by atoms with van der Waals surface area (Å²) >= 11 is 0. The first-order valence-electron chi connectivity index (χ1n) is 3.80. The van der Waals surface area contributed by atoms with Crippen molar-refractivity contribution >= 4 is 0 Å². The predicted octanol–water partition coefficient (Wildman–Crippen LogP) is 2.93. The fraction of sp³-hybridized carbons (Fsp3) is 0.667. The summed E-state index contributed by atoms with van der Waals surface area (Å²) in [6.45, 7) is 5.02. The van der Waals surface area contributed by atoms with E-state index in [-0.39, 0.29) is 0 Å². The molecule has 0 heterocycles. The van der Waals surface area contributed by atoms with E-state index >= 15 is 0 Å². The maximum absolute atomic E-state index is 4.69. The minimum absolute atomic E-state index is 0.789. The first-order valence-corrected chi connectivity index (χ1v) is 3.80. The lowest BCUT2D eigenvalue weighted by molar-refractivity contribution is 0.235. The van der Waals surface area contributed by atoms with E-state index in [1.54, 1.807) is 0 Å². The van der Waals surface area contributed by atoms with Crippen LogP contribution in [0.4, 0.5) is 0 Å². The first-order chi connectivity index (χ1) is 4.81. The normalized spacial score (nSPS) is 12.1. The van der Waals surface area contributed by atoms with Crippen molar-refractivity contribution in [3.63, 3.8) is 0 Å². The molecule has 0 bridgehead atoms. The van der Waals surface area contributed by atoms with Crippen molar-refractivity contribution in [2.75, 3.05) is 6.61 Å². The molecule has 0 saturated carbocycles. The van der Waals surface area contributed by atoms with Crippen LogP contribution in [0.2, 0.25) is 0 Å². The molecule has 0 unspecified atom stereocenters. The average molecular weight is 141 g/mol. The van der Waals surface area contributed by atoms with Gasteiger partial charge in [0.1, 0.15) is 0 Å². The summed E-state index contributed by atoms with van der Waals surface area (Å²) in [5.74, 6) is 0. The van der Waals surface area contributed by atoms with Crippen molar-refractivity contribution in [1.29, 1.82) is 0 Å². The number of rotatable bonds is 5. The van der Waals surface area contributed by atoms with Crippen molar-refractivity contribution in [3.8, 4) is 0 Å². The van der Waals surface area contributed by atoms with E-state index in [0.29, 0.717) is 0 Å². The molecular weight excluding hydrogens is 124 g/mol. The van der Waals surface area contributed by atoms with Gasteiger partial charge >= 0.3 is 0 Å². The molecule has 0 spiro atoms. The number of allylic oxidation sites excluding steroid dienone is 2. The molecule has 0 rings (SSSR count). The Bertz CT molecular complexity index is 94.9. The van der Waals surface area contributed by atoms with E-state index in [9.17, 15) is 0 Å². The van der Waals surface area contributed by atoms with Gasteiger partial charge in [-0.15, -0.1) is 0 Å². The molecule has 0 aromatic rings. The highest BCUT2D eigenvalue weighted by Crippen LogP contribution is 2.05. The molecule has 1 radical (unpaired) electrons. The molecule has 10 heavy (non-hydrogen) atoms. The molecule has 0 atom stereocenters. The van der Waals surface area contributed by atoms with E-state index in [4.69, 9.17) is 0 Å².